The van der Waals surface area contributed by atoms with Crippen molar-refractivity contribution in [2.24, 2.45) is 0 Å². The van der Waals surface area contributed by atoms with Crippen molar-refractivity contribution >= 4 is 17.6 Å². The molecule has 0 bridgehead atoms. The molecule has 2 aromatic rings. The molecule has 3 rings (SSSR count). The molecule has 0 spiro atoms. The highest BCUT2D eigenvalue weighted by Crippen LogP contribution is 2.46. The van der Waals surface area contributed by atoms with E-state index in [1.54, 1.807) is 0 Å². The summed E-state index contributed by atoms with van der Waals surface area (Å²) in [4.78, 5) is 22.9. The van der Waals surface area contributed by atoms with E-state index >= 15 is 0 Å². The summed E-state index contributed by atoms with van der Waals surface area (Å²) in [6.07, 6.45) is -4.67. The van der Waals surface area contributed by atoms with Crippen LogP contribution in [0.4, 0.5) is 23.2 Å². The molecule has 1 atom stereocenters. The smallest absolute Gasteiger partial charge is 0.397 e. The van der Waals surface area contributed by atoms with Crippen LogP contribution in [0.1, 0.15) is 28.4 Å². The highest BCUT2D eigenvalue weighted by atomic mass is 19.4. The van der Waals surface area contributed by atoms with Crippen LogP contribution in [0.5, 0.6) is 0 Å². The molecule has 9 heteroatoms. The van der Waals surface area contributed by atoms with Crippen LogP contribution in [0, 0.1) is 5.82 Å². The van der Waals surface area contributed by atoms with Gasteiger partial charge < -0.3 is 15.0 Å². The van der Waals surface area contributed by atoms with E-state index in [0.717, 1.165) is 22.9 Å². The van der Waals surface area contributed by atoms with Crippen LogP contribution in [0.15, 0.2) is 30.5 Å². The fraction of sp³-hybridized carbons (Fsp3) is 0.200. The predicted octanol–water partition coefficient (Wildman–Crippen LogP) is 3.30. The van der Waals surface area contributed by atoms with Gasteiger partial charge in [-0.25, -0.2) is 9.18 Å². The van der Waals surface area contributed by atoms with Crippen molar-refractivity contribution in [3.63, 3.8) is 0 Å². The molecule has 5 nitrogen and oxygen atoms in total. The number of halogens is 4. The summed E-state index contributed by atoms with van der Waals surface area (Å²) in [5.74, 6) is -5.29. The minimum absolute atomic E-state index is 0.0316. The SMILES string of the molecule is O=C1C[C@@H](C(F)(F)F)c2c(c(C(=O)O)cn2-c2cccc(F)c2)N1. The Morgan fingerprint density at radius 1 is 1.33 bits per heavy atom. The van der Waals surface area contributed by atoms with Gasteiger partial charge in [0.25, 0.3) is 0 Å². The van der Waals surface area contributed by atoms with E-state index in [1.807, 2.05) is 0 Å². The number of rotatable bonds is 2. The van der Waals surface area contributed by atoms with Gasteiger partial charge in [-0.05, 0) is 18.2 Å². The zero-order valence-corrected chi connectivity index (χ0v) is 11.9. The molecule has 1 aliphatic heterocycles. The van der Waals surface area contributed by atoms with Crippen molar-refractivity contribution in [3.05, 3.63) is 47.5 Å². The van der Waals surface area contributed by atoms with E-state index < -0.39 is 53.2 Å². The average molecular weight is 342 g/mol. The van der Waals surface area contributed by atoms with E-state index in [2.05, 4.69) is 5.32 Å². The Morgan fingerprint density at radius 2 is 2.04 bits per heavy atom. The maximum Gasteiger partial charge on any atom is 0.397 e. The van der Waals surface area contributed by atoms with Crippen molar-refractivity contribution in [1.82, 2.24) is 4.57 Å². The zero-order valence-electron chi connectivity index (χ0n) is 11.9. The fourth-order valence-electron chi connectivity index (χ4n) is 2.74. The van der Waals surface area contributed by atoms with Gasteiger partial charge in [-0.2, -0.15) is 13.2 Å². The molecule has 126 valence electrons. The van der Waals surface area contributed by atoms with Crippen molar-refractivity contribution in [2.75, 3.05) is 5.32 Å². The van der Waals surface area contributed by atoms with Crippen molar-refractivity contribution in [1.29, 1.82) is 0 Å². The fourth-order valence-corrected chi connectivity index (χ4v) is 2.74. The number of hydrogen-bond acceptors (Lipinski definition) is 2. The molecule has 0 unspecified atom stereocenters. The van der Waals surface area contributed by atoms with E-state index in [1.165, 1.54) is 12.1 Å². The summed E-state index contributed by atoms with van der Waals surface area (Å²) >= 11 is 0. The minimum Gasteiger partial charge on any atom is -0.478 e. The number of carboxylic acids is 1. The maximum absolute atomic E-state index is 13.4. The Morgan fingerprint density at radius 3 is 2.62 bits per heavy atom. The number of carboxylic acid groups (broad SMARTS) is 1. The molecular weight excluding hydrogens is 332 g/mol. The van der Waals surface area contributed by atoms with Crippen LogP contribution in [0.2, 0.25) is 0 Å². The van der Waals surface area contributed by atoms with Crippen LogP contribution in [0.3, 0.4) is 0 Å². The Bertz CT molecular complexity index is 842. The van der Waals surface area contributed by atoms with Crippen LogP contribution >= 0.6 is 0 Å². The molecule has 1 aromatic carbocycles. The first-order valence-electron chi connectivity index (χ1n) is 6.79. The third kappa shape index (κ3) is 2.61. The van der Waals surface area contributed by atoms with Gasteiger partial charge in [0.2, 0.25) is 5.91 Å². The number of alkyl halides is 3. The van der Waals surface area contributed by atoms with Crippen LogP contribution in [-0.4, -0.2) is 27.7 Å². The molecule has 2 N–H and O–H groups in total. The quantitative estimate of drug-likeness (QED) is 0.823. The zero-order chi connectivity index (χ0) is 17.6. The van der Waals surface area contributed by atoms with Gasteiger partial charge in [-0.15, -0.1) is 0 Å². The molecule has 1 amide bonds. The number of amides is 1. The summed E-state index contributed by atoms with van der Waals surface area (Å²) < 4.78 is 54.5. The van der Waals surface area contributed by atoms with Crippen molar-refractivity contribution in [2.45, 2.75) is 18.5 Å². The minimum atomic E-state index is -4.76. The number of aromatic carboxylic acids is 1. The Labute approximate surface area is 132 Å². The van der Waals surface area contributed by atoms with Gasteiger partial charge >= 0.3 is 12.1 Å². The lowest BCUT2D eigenvalue weighted by Crippen LogP contribution is -2.33. The predicted molar refractivity (Wildman–Crippen MR) is 74.7 cm³/mol. The average Bonchev–Trinajstić information content (AvgIpc) is 2.84. The number of benzene rings is 1. The molecule has 24 heavy (non-hydrogen) atoms. The number of hydrogen-bond donors (Lipinski definition) is 2. The number of fused-ring (bicyclic) bond motifs is 1. The van der Waals surface area contributed by atoms with E-state index in [0.29, 0.717) is 0 Å². The van der Waals surface area contributed by atoms with Crippen molar-refractivity contribution in [3.8, 4) is 5.69 Å². The lowest BCUT2D eigenvalue weighted by atomic mass is 9.94. The van der Waals surface area contributed by atoms with Crippen molar-refractivity contribution < 1.29 is 32.3 Å². The first-order valence-corrected chi connectivity index (χ1v) is 6.79. The molecule has 0 saturated carbocycles. The highest BCUT2D eigenvalue weighted by molar-refractivity contribution is 6.03. The number of nitrogens with one attached hydrogen (secondary N) is 1. The maximum atomic E-state index is 13.4. The number of aromatic nitrogens is 1. The molecular formula is C15H10F4N2O3. The summed E-state index contributed by atoms with van der Waals surface area (Å²) in [7, 11) is 0. The Balaban J connectivity index is 2.30. The van der Waals surface area contributed by atoms with Gasteiger partial charge in [0, 0.05) is 18.3 Å². The first-order chi connectivity index (χ1) is 11.2. The number of anilines is 1. The second-order valence-electron chi connectivity index (χ2n) is 5.30. The third-order valence-electron chi connectivity index (χ3n) is 3.74. The largest absolute Gasteiger partial charge is 0.478 e. The normalized spacial score (nSPS) is 17.3. The highest BCUT2D eigenvalue weighted by Gasteiger charge is 2.48. The Hall–Kier alpha value is -2.84. The summed E-state index contributed by atoms with van der Waals surface area (Å²) in [5.41, 5.74) is -1.30. The van der Waals surface area contributed by atoms with Gasteiger partial charge in [0.1, 0.15) is 17.3 Å². The van der Waals surface area contributed by atoms with Gasteiger partial charge in [-0.1, -0.05) is 6.07 Å². The monoisotopic (exact) mass is 342 g/mol. The molecule has 2 heterocycles. The van der Waals surface area contributed by atoms with Crippen LogP contribution in [-0.2, 0) is 4.79 Å². The van der Waals surface area contributed by atoms with Crippen LogP contribution in [0.25, 0.3) is 5.69 Å². The first kappa shape index (κ1) is 16.0. The lowest BCUT2D eigenvalue weighted by Gasteiger charge is -2.27. The molecule has 0 radical (unpaired) electrons. The van der Waals surface area contributed by atoms with E-state index in [9.17, 15) is 32.3 Å². The second kappa shape index (κ2) is 5.36. The lowest BCUT2D eigenvalue weighted by molar-refractivity contribution is -0.157. The Kier molecular flexibility index (Phi) is 3.58. The second-order valence-corrected chi connectivity index (χ2v) is 5.30. The van der Waals surface area contributed by atoms with Gasteiger partial charge in [0.15, 0.2) is 0 Å². The van der Waals surface area contributed by atoms with E-state index in [-0.39, 0.29) is 5.69 Å². The summed E-state index contributed by atoms with van der Waals surface area (Å²) in [6, 6.07) is 4.73. The number of carbonyl (C=O) groups excluding carboxylic acids is 1. The number of carbonyl (C=O) groups is 2. The van der Waals surface area contributed by atoms with Gasteiger partial charge in [0.05, 0.1) is 11.4 Å². The topological polar surface area (TPSA) is 71.3 Å². The summed E-state index contributed by atoms with van der Waals surface area (Å²) in [6.45, 7) is 0. The molecule has 1 aromatic heterocycles. The molecule has 0 aliphatic carbocycles. The molecule has 0 saturated heterocycles. The third-order valence-corrected chi connectivity index (χ3v) is 3.74. The standard InChI is InChI=1S/C15H10F4N2O3/c16-7-2-1-3-8(4-7)21-6-9(14(23)24)12-13(21)10(15(17,18)19)5-11(22)20-12/h1-4,6,10H,5H2,(H,20,22)(H,23,24)/t10-/m1/s1. The number of nitrogens with zero attached hydrogens (tertiary/aromatic N) is 1. The summed E-state index contributed by atoms with van der Waals surface area (Å²) in [5, 5.41) is 11.4. The molecule has 0 fully saturated rings. The van der Waals surface area contributed by atoms with Crippen LogP contribution < -0.4 is 5.32 Å². The van der Waals surface area contributed by atoms with Gasteiger partial charge in [-0.3, -0.25) is 4.79 Å². The molecule has 1 aliphatic rings. The van der Waals surface area contributed by atoms with E-state index in [4.69, 9.17) is 0 Å².